The first kappa shape index (κ1) is 13.5. The molecule has 4 heteroatoms. The second kappa shape index (κ2) is 5.15. The summed E-state index contributed by atoms with van der Waals surface area (Å²) in [5.41, 5.74) is 0.124. The molecule has 0 atom stereocenters. The highest BCUT2D eigenvalue weighted by Crippen LogP contribution is 2.17. The monoisotopic (exact) mass is 228 g/mol. The van der Waals surface area contributed by atoms with E-state index in [4.69, 9.17) is 4.74 Å². The summed E-state index contributed by atoms with van der Waals surface area (Å²) in [5.74, 6) is -0.0163. The van der Waals surface area contributed by atoms with Crippen molar-refractivity contribution in [1.29, 1.82) is 0 Å². The zero-order valence-corrected chi connectivity index (χ0v) is 10.9. The molecule has 0 aromatic heterocycles. The topological polar surface area (TPSA) is 50.4 Å². The number of hydrogen-bond acceptors (Lipinski definition) is 3. The number of nitrogens with one attached hydrogen (secondary N) is 2. The SMILES string of the molecule is CC(C)(C)CCNC(=O)COC1(C)CNC1. The lowest BCUT2D eigenvalue weighted by Crippen LogP contribution is -2.59. The van der Waals surface area contributed by atoms with E-state index in [0.29, 0.717) is 0 Å². The maximum Gasteiger partial charge on any atom is 0.246 e. The van der Waals surface area contributed by atoms with E-state index in [1.807, 2.05) is 6.92 Å². The zero-order chi connectivity index (χ0) is 12.2. The molecule has 0 aromatic rings. The average molecular weight is 228 g/mol. The summed E-state index contributed by atoms with van der Waals surface area (Å²) in [6.45, 7) is 11.1. The third-order valence-corrected chi connectivity index (χ3v) is 2.75. The molecule has 16 heavy (non-hydrogen) atoms. The Morgan fingerprint density at radius 3 is 2.50 bits per heavy atom. The van der Waals surface area contributed by atoms with Crippen LogP contribution >= 0.6 is 0 Å². The summed E-state index contributed by atoms with van der Waals surface area (Å²) in [6.07, 6.45) is 0.984. The van der Waals surface area contributed by atoms with Crippen molar-refractivity contribution in [3.63, 3.8) is 0 Å². The van der Waals surface area contributed by atoms with Gasteiger partial charge in [-0.25, -0.2) is 0 Å². The van der Waals surface area contributed by atoms with E-state index in [2.05, 4.69) is 31.4 Å². The van der Waals surface area contributed by atoms with Crippen LogP contribution in [0.1, 0.15) is 34.1 Å². The fraction of sp³-hybridized carbons (Fsp3) is 0.917. The molecule has 1 amide bonds. The van der Waals surface area contributed by atoms with Gasteiger partial charge in [0.25, 0.3) is 0 Å². The van der Waals surface area contributed by atoms with Gasteiger partial charge in [0.2, 0.25) is 5.91 Å². The minimum atomic E-state index is -0.138. The van der Waals surface area contributed by atoms with Crippen LogP contribution in [0.2, 0.25) is 0 Å². The third kappa shape index (κ3) is 4.94. The highest BCUT2D eigenvalue weighted by molar-refractivity contribution is 5.77. The van der Waals surface area contributed by atoms with E-state index in [1.165, 1.54) is 0 Å². The zero-order valence-electron chi connectivity index (χ0n) is 10.9. The largest absolute Gasteiger partial charge is 0.363 e. The minimum absolute atomic E-state index is 0.0163. The molecule has 1 rings (SSSR count). The van der Waals surface area contributed by atoms with Gasteiger partial charge in [-0.2, -0.15) is 0 Å². The van der Waals surface area contributed by atoms with Crippen LogP contribution in [0.3, 0.4) is 0 Å². The fourth-order valence-electron chi connectivity index (χ4n) is 1.45. The quantitative estimate of drug-likeness (QED) is 0.735. The molecule has 0 bridgehead atoms. The molecule has 2 N–H and O–H groups in total. The first-order valence-corrected chi connectivity index (χ1v) is 5.92. The summed E-state index contributed by atoms with van der Waals surface area (Å²) < 4.78 is 5.54. The number of amides is 1. The second-order valence-electron chi connectivity index (χ2n) is 6.00. The number of ether oxygens (including phenoxy) is 1. The van der Waals surface area contributed by atoms with Crippen molar-refractivity contribution >= 4 is 5.91 Å². The summed E-state index contributed by atoms with van der Waals surface area (Å²) >= 11 is 0. The first-order valence-electron chi connectivity index (χ1n) is 5.92. The van der Waals surface area contributed by atoms with Crippen molar-refractivity contribution in [3.05, 3.63) is 0 Å². The molecule has 4 nitrogen and oxygen atoms in total. The molecule has 1 fully saturated rings. The highest BCUT2D eigenvalue weighted by Gasteiger charge is 2.32. The summed E-state index contributed by atoms with van der Waals surface area (Å²) in [4.78, 5) is 11.5. The Bertz CT molecular complexity index is 242. The van der Waals surface area contributed by atoms with Crippen molar-refractivity contribution in [3.8, 4) is 0 Å². The van der Waals surface area contributed by atoms with E-state index >= 15 is 0 Å². The molecule has 0 spiro atoms. The smallest absolute Gasteiger partial charge is 0.246 e. The molecule has 0 aliphatic carbocycles. The van der Waals surface area contributed by atoms with Gasteiger partial charge in [0.15, 0.2) is 0 Å². The maximum absolute atomic E-state index is 11.5. The Kier molecular flexibility index (Phi) is 4.33. The standard InChI is InChI=1S/C12H24N2O2/c1-11(2,3)5-6-14-10(15)7-16-12(4)8-13-9-12/h13H,5-9H2,1-4H3,(H,14,15). The van der Waals surface area contributed by atoms with Crippen LogP contribution in [0, 0.1) is 5.41 Å². The van der Waals surface area contributed by atoms with Crippen LogP contribution in [-0.4, -0.2) is 37.7 Å². The number of carbonyl (C=O) groups excluding carboxylic acids is 1. The Morgan fingerprint density at radius 1 is 1.44 bits per heavy atom. The van der Waals surface area contributed by atoms with E-state index in [0.717, 1.165) is 26.1 Å². The maximum atomic E-state index is 11.5. The third-order valence-electron chi connectivity index (χ3n) is 2.75. The molecule has 0 radical (unpaired) electrons. The summed E-state index contributed by atoms with van der Waals surface area (Å²) in [5, 5.41) is 6.01. The van der Waals surface area contributed by atoms with E-state index in [-0.39, 0.29) is 23.5 Å². The number of carbonyl (C=O) groups is 1. The lowest BCUT2D eigenvalue weighted by Gasteiger charge is -2.38. The van der Waals surface area contributed by atoms with Gasteiger partial charge in [-0.05, 0) is 18.8 Å². The molecule has 0 unspecified atom stereocenters. The molecule has 1 heterocycles. The molecular formula is C12H24N2O2. The van der Waals surface area contributed by atoms with Gasteiger partial charge in [-0.3, -0.25) is 4.79 Å². The fourth-order valence-corrected chi connectivity index (χ4v) is 1.45. The Balaban J connectivity index is 2.07. The second-order valence-corrected chi connectivity index (χ2v) is 6.00. The van der Waals surface area contributed by atoms with Gasteiger partial charge in [0.05, 0.1) is 5.60 Å². The van der Waals surface area contributed by atoms with E-state index in [9.17, 15) is 4.79 Å². The molecule has 0 saturated carbocycles. The predicted octanol–water partition coefficient (Wildman–Crippen LogP) is 0.917. The van der Waals surface area contributed by atoms with Gasteiger partial charge in [0.1, 0.15) is 6.61 Å². The van der Waals surface area contributed by atoms with Crippen molar-refractivity contribution in [2.24, 2.45) is 5.41 Å². The van der Waals surface area contributed by atoms with Crippen molar-refractivity contribution < 1.29 is 9.53 Å². The molecule has 1 saturated heterocycles. The van der Waals surface area contributed by atoms with Crippen LogP contribution in [-0.2, 0) is 9.53 Å². The first-order chi connectivity index (χ1) is 7.31. The predicted molar refractivity (Wildman–Crippen MR) is 64.3 cm³/mol. The van der Waals surface area contributed by atoms with E-state index < -0.39 is 0 Å². The van der Waals surface area contributed by atoms with Crippen LogP contribution < -0.4 is 10.6 Å². The van der Waals surface area contributed by atoms with Gasteiger partial charge in [-0.15, -0.1) is 0 Å². The normalized spacial score (nSPS) is 19.0. The van der Waals surface area contributed by atoms with Gasteiger partial charge >= 0.3 is 0 Å². The van der Waals surface area contributed by atoms with Crippen molar-refractivity contribution in [2.75, 3.05) is 26.2 Å². The van der Waals surface area contributed by atoms with Gasteiger partial charge < -0.3 is 15.4 Å². The number of rotatable bonds is 5. The highest BCUT2D eigenvalue weighted by atomic mass is 16.5. The molecule has 1 aliphatic rings. The Morgan fingerprint density at radius 2 is 2.06 bits per heavy atom. The van der Waals surface area contributed by atoms with Gasteiger partial charge in [0, 0.05) is 19.6 Å². The summed E-state index contributed by atoms with van der Waals surface area (Å²) in [7, 11) is 0. The minimum Gasteiger partial charge on any atom is -0.363 e. The van der Waals surface area contributed by atoms with Gasteiger partial charge in [-0.1, -0.05) is 20.8 Å². The van der Waals surface area contributed by atoms with Crippen LogP contribution in [0.25, 0.3) is 0 Å². The average Bonchev–Trinajstić information content (AvgIpc) is 2.09. The number of hydrogen-bond donors (Lipinski definition) is 2. The Hall–Kier alpha value is -0.610. The van der Waals surface area contributed by atoms with Crippen LogP contribution in [0.4, 0.5) is 0 Å². The molecular weight excluding hydrogens is 204 g/mol. The molecule has 0 aromatic carbocycles. The van der Waals surface area contributed by atoms with Crippen molar-refractivity contribution in [2.45, 2.75) is 39.7 Å². The lowest BCUT2D eigenvalue weighted by molar-refractivity contribution is -0.135. The molecule has 94 valence electrons. The van der Waals surface area contributed by atoms with E-state index in [1.54, 1.807) is 0 Å². The van der Waals surface area contributed by atoms with Crippen LogP contribution in [0.15, 0.2) is 0 Å². The van der Waals surface area contributed by atoms with Crippen molar-refractivity contribution in [1.82, 2.24) is 10.6 Å². The lowest BCUT2D eigenvalue weighted by atomic mass is 9.92. The Labute approximate surface area is 98.1 Å². The summed E-state index contributed by atoms with van der Waals surface area (Å²) in [6, 6.07) is 0. The van der Waals surface area contributed by atoms with Crippen LogP contribution in [0.5, 0.6) is 0 Å². The molecule has 1 aliphatic heterocycles.